The molecule has 0 aliphatic carbocycles. The molecule has 5 nitrogen and oxygen atoms in total. The van der Waals surface area contributed by atoms with Crippen molar-refractivity contribution in [2.24, 2.45) is 0 Å². The van der Waals surface area contributed by atoms with Gasteiger partial charge in [0.05, 0.1) is 14.2 Å². The Morgan fingerprint density at radius 3 is 2.71 bits per heavy atom. The number of methoxy groups -OCH3 is 2. The van der Waals surface area contributed by atoms with Crippen molar-refractivity contribution >= 4 is 16.8 Å². The van der Waals surface area contributed by atoms with Gasteiger partial charge in [0.15, 0.2) is 11.5 Å². The molecule has 0 atom stereocenters. The van der Waals surface area contributed by atoms with Crippen LogP contribution in [0.4, 0.5) is 0 Å². The number of aromatic amines is 1. The summed E-state index contributed by atoms with van der Waals surface area (Å²) in [5, 5.41) is 3.90. The number of H-pyrrole nitrogens is 1. The summed E-state index contributed by atoms with van der Waals surface area (Å²) in [7, 11) is 3.22. The van der Waals surface area contributed by atoms with Crippen LogP contribution in [0.2, 0.25) is 0 Å². The van der Waals surface area contributed by atoms with Crippen LogP contribution in [0.15, 0.2) is 48.7 Å². The number of carbonyl (C=O) groups excluding carboxylic acids is 1. The zero-order chi connectivity index (χ0) is 16.9. The van der Waals surface area contributed by atoms with Gasteiger partial charge >= 0.3 is 0 Å². The highest BCUT2D eigenvalue weighted by Gasteiger charge is 2.10. The van der Waals surface area contributed by atoms with Crippen molar-refractivity contribution in [3.63, 3.8) is 0 Å². The molecule has 0 saturated carbocycles. The minimum Gasteiger partial charge on any atom is -0.493 e. The van der Waals surface area contributed by atoms with Crippen LogP contribution in [0.25, 0.3) is 10.9 Å². The zero-order valence-electron chi connectivity index (χ0n) is 13.8. The van der Waals surface area contributed by atoms with Crippen molar-refractivity contribution in [2.75, 3.05) is 20.8 Å². The summed E-state index contributed by atoms with van der Waals surface area (Å²) in [6.07, 6.45) is 2.56. The van der Waals surface area contributed by atoms with Gasteiger partial charge < -0.3 is 19.8 Å². The smallest absolute Gasteiger partial charge is 0.251 e. The van der Waals surface area contributed by atoms with E-state index < -0.39 is 0 Å². The number of aromatic nitrogens is 1. The Balaban J connectivity index is 1.64. The Morgan fingerprint density at radius 1 is 1.08 bits per heavy atom. The Hall–Kier alpha value is -2.95. The van der Waals surface area contributed by atoms with Gasteiger partial charge in [0.2, 0.25) is 0 Å². The number of carbonyl (C=O) groups is 1. The predicted molar refractivity (Wildman–Crippen MR) is 93.9 cm³/mol. The molecule has 0 spiro atoms. The fraction of sp³-hybridized carbons (Fsp3) is 0.211. The molecular weight excluding hydrogens is 304 g/mol. The topological polar surface area (TPSA) is 63.3 Å². The first-order valence-corrected chi connectivity index (χ1v) is 7.78. The van der Waals surface area contributed by atoms with Gasteiger partial charge in [-0.15, -0.1) is 0 Å². The molecule has 0 aliphatic rings. The molecule has 1 amide bonds. The second kappa shape index (κ2) is 7.08. The van der Waals surface area contributed by atoms with Gasteiger partial charge in [-0.1, -0.05) is 12.1 Å². The summed E-state index contributed by atoms with van der Waals surface area (Å²) < 4.78 is 10.5. The number of amides is 1. The third-order valence-electron chi connectivity index (χ3n) is 3.99. The molecule has 2 N–H and O–H groups in total. The summed E-state index contributed by atoms with van der Waals surface area (Å²) in [5.41, 5.74) is 2.72. The van der Waals surface area contributed by atoms with Crippen LogP contribution in [-0.2, 0) is 6.42 Å². The Bertz CT molecular complexity index is 855. The first-order chi connectivity index (χ1) is 11.7. The second-order valence-electron chi connectivity index (χ2n) is 5.44. The van der Waals surface area contributed by atoms with Crippen molar-refractivity contribution in [2.45, 2.75) is 6.42 Å². The first kappa shape index (κ1) is 15.9. The average molecular weight is 324 g/mol. The summed E-state index contributed by atoms with van der Waals surface area (Å²) in [6.45, 7) is 0.551. The molecule has 3 rings (SSSR count). The minimum absolute atomic E-state index is 0.0688. The SMILES string of the molecule is COc1ccc(CCNC(=O)c2cccc3[nH]ccc23)cc1OC. The molecule has 0 radical (unpaired) electrons. The van der Waals surface area contributed by atoms with Crippen molar-refractivity contribution in [1.82, 2.24) is 10.3 Å². The van der Waals surface area contributed by atoms with Gasteiger partial charge in [-0.05, 0) is 42.3 Å². The number of hydrogen-bond acceptors (Lipinski definition) is 3. The lowest BCUT2D eigenvalue weighted by atomic mass is 10.1. The lowest BCUT2D eigenvalue weighted by molar-refractivity contribution is 0.0956. The molecule has 2 aromatic carbocycles. The normalized spacial score (nSPS) is 10.6. The number of rotatable bonds is 6. The molecule has 0 bridgehead atoms. The standard InChI is InChI=1S/C19H20N2O3/c1-23-17-7-6-13(12-18(17)24-2)8-10-21-19(22)15-4-3-5-16-14(15)9-11-20-16/h3-7,9,11-12,20H,8,10H2,1-2H3,(H,21,22). The molecule has 0 saturated heterocycles. The van der Waals surface area contributed by atoms with E-state index in [2.05, 4.69) is 10.3 Å². The van der Waals surface area contributed by atoms with Crippen molar-refractivity contribution < 1.29 is 14.3 Å². The third kappa shape index (κ3) is 3.20. The first-order valence-electron chi connectivity index (χ1n) is 7.78. The largest absolute Gasteiger partial charge is 0.493 e. The minimum atomic E-state index is -0.0688. The van der Waals surface area contributed by atoms with E-state index in [0.717, 1.165) is 22.9 Å². The van der Waals surface area contributed by atoms with Crippen LogP contribution in [0.3, 0.4) is 0 Å². The fourth-order valence-electron chi connectivity index (χ4n) is 2.74. The Kier molecular flexibility index (Phi) is 4.70. The fourth-order valence-corrected chi connectivity index (χ4v) is 2.74. The van der Waals surface area contributed by atoms with Gasteiger partial charge in [0.25, 0.3) is 5.91 Å². The molecule has 24 heavy (non-hydrogen) atoms. The number of nitrogens with one attached hydrogen (secondary N) is 2. The number of fused-ring (bicyclic) bond motifs is 1. The Morgan fingerprint density at radius 2 is 1.92 bits per heavy atom. The van der Waals surface area contributed by atoms with Gasteiger partial charge in [-0.3, -0.25) is 4.79 Å². The zero-order valence-corrected chi connectivity index (χ0v) is 13.8. The average Bonchev–Trinajstić information content (AvgIpc) is 3.10. The van der Waals surface area contributed by atoms with E-state index in [4.69, 9.17) is 9.47 Å². The number of benzene rings is 2. The highest BCUT2D eigenvalue weighted by molar-refractivity contribution is 6.06. The molecule has 3 aromatic rings. The lowest BCUT2D eigenvalue weighted by Gasteiger charge is -2.10. The van der Waals surface area contributed by atoms with E-state index in [0.29, 0.717) is 23.6 Å². The lowest BCUT2D eigenvalue weighted by Crippen LogP contribution is -2.25. The van der Waals surface area contributed by atoms with E-state index in [-0.39, 0.29) is 5.91 Å². The third-order valence-corrected chi connectivity index (χ3v) is 3.99. The van der Waals surface area contributed by atoms with Crippen molar-refractivity contribution in [3.8, 4) is 11.5 Å². The molecular formula is C19H20N2O3. The summed E-state index contributed by atoms with van der Waals surface area (Å²) in [5.74, 6) is 1.32. The van der Waals surface area contributed by atoms with Crippen LogP contribution >= 0.6 is 0 Å². The van der Waals surface area contributed by atoms with E-state index in [1.165, 1.54) is 0 Å². The molecule has 0 aliphatic heterocycles. The molecule has 1 heterocycles. The van der Waals surface area contributed by atoms with E-state index in [1.54, 1.807) is 14.2 Å². The van der Waals surface area contributed by atoms with Crippen LogP contribution in [0.1, 0.15) is 15.9 Å². The number of ether oxygens (including phenoxy) is 2. The Labute approximate surface area is 140 Å². The maximum atomic E-state index is 12.4. The summed E-state index contributed by atoms with van der Waals surface area (Å²) in [6, 6.07) is 13.4. The van der Waals surface area contributed by atoms with Crippen LogP contribution in [0, 0.1) is 0 Å². The molecule has 0 unspecified atom stereocenters. The molecule has 1 aromatic heterocycles. The monoisotopic (exact) mass is 324 g/mol. The van der Waals surface area contributed by atoms with Crippen LogP contribution in [0.5, 0.6) is 11.5 Å². The van der Waals surface area contributed by atoms with E-state index >= 15 is 0 Å². The molecule has 124 valence electrons. The van der Waals surface area contributed by atoms with E-state index in [1.807, 2.05) is 48.7 Å². The highest BCUT2D eigenvalue weighted by atomic mass is 16.5. The highest BCUT2D eigenvalue weighted by Crippen LogP contribution is 2.27. The van der Waals surface area contributed by atoms with Gasteiger partial charge in [0, 0.05) is 29.2 Å². The van der Waals surface area contributed by atoms with Crippen molar-refractivity contribution in [1.29, 1.82) is 0 Å². The predicted octanol–water partition coefficient (Wildman–Crippen LogP) is 3.16. The van der Waals surface area contributed by atoms with Crippen LogP contribution < -0.4 is 14.8 Å². The maximum Gasteiger partial charge on any atom is 0.251 e. The maximum absolute atomic E-state index is 12.4. The van der Waals surface area contributed by atoms with E-state index in [9.17, 15) is 4.79 Å². The summed E-state index contributed by atoms with van der Waals surface area (Å²) >= 11 is 0. The molecule has 5 heteroatoms. The number of hydrogen-bond donors (Lipinski definition) is 2. The second-order valence-corrected chi connectivity index (χ2v) is 5.44. The van der Waals surface area contributed by atoms with Gasteiger partial charge in [-0.25, -0.2) is 0 Å². The van der Waals surface area contributed by atoms with Crippen LogP contribution in [-0.4, -0.2) is 31.7 Å². The van der Waals surface area contributed by atoms with Gasteiger partial charge in [0.1, 0.15) is 0 Å². The van der Waals surface area contributed by atoms with Crippen molar-refractivity contribution in [3.05, 3.63) is 59.8 Å². The van der Waals surface area contributed by atoms with Gasteiger partial charge in [-0.2, -0.15) is 0 Å². The molecule has 0 fully saturated rings. The quantitative estimate of drug-likeness (QED) is 0.732. The summed E-state index contributed by atoms with van der Waals surface area (Å²) in [4.78, 5) is 15.5.